The van der Waals surface area contributed by atoms with Crippen LogP contribution in [0.15, 0.2) is 12.7 Å². The molecule has 2 unspecified atom stereocenters. The van der Waals surface area contributed by atoms with E-state index in [0.717, 1.165) is 25.7 Å². The van der Waals surface area contributed by atoms with Crippen molar-refractivity contribution < 1.29 is 14.3 Å². The summed E-state index contributed by atoms with van der Waals surface area (Å²) in [6.45, 7) is 10.3. The second-order valence-corrected chi connectivity index (χ2v) is 8.45. The van der Waals surface area contributed by atoms with Gasteiger partial charge in [0.2, 0.25) is 5.91 Å². The first-order chi connectivity index (χ1) is 14.0. The molecule has 0 aliphatic heterocycles. The first kappa shape index (κ1) is 27.7. The van der Waals surface area contributed by atoms with Gasteiger partial charge in [0.05, 0.1) is 0 Å². The molecule has 170 valence electrons. The van der Waals surface area contributed by atoms with Crippen LogP contribution in [-0.2, 0) is 14.3 Å². The van der Waals surface area contributed by atoms with Crippen LogP contribution in [0.2, 0.25) is 0 Å². The Morgan fingerprint density at radius 1 is 0.862 bits per heavy atom. The number of rotatable bonds is 19. The monoisotopic (exact) mass is 409 g/mol. The number of nitrogens with zero attached hydrogens (tertiary/aromatic N) is 1. The molecule has 0 rings (SSSR count). The van der Waals surface area contributed by atoms with Crippen LogP contribution in [0.1, 0.15) is 111 Å². The number of ether oxygens (including phenoxy) is 1. The average molecular weight is 410 g/mol. The maximum absolute atomic E-state index is 11.9. The fourth-order valence-corrected chi connectivity index (χ4v) is 3.78. The van der Waals surface area contributed by atoms with E-state index in [2.05, 4.69) is 20.4 Å². The Bertz CT molecular complexity index is 436. The molecular formula is C25H47NO3. The maximum atomic E-state index is 11.9. The van der Waals surface area contributed by atoms with Crippen molar-refractivity contribution in [3.05, 3.63) is 12.7 Å². The van der Waals surface area contributed by atoms with Crippen molar-refractivity contribution in [2.75, 3.05) is 13.6 Å². The van der Waals surface area contributed by atoms with Crippen LogP contribution in [0.25, 0.3) is 0 Å². The van der Waals surface area contributed by atoms with Crippen LogP contribution in [0.5, 0.6) is 0 Å². The molecule has 0 N–H and O–H groups in total. The van der Waals surface area contributed by atoms with E-state index in [1.807, 2.05) is 7.05 Å². The normalized spacial score (nSPS) is 13.0. The summed E-state index contributed by atoms with van der Waals surface area (Å²) >= 11 is 0. The van der Waals surface area contributed by atoms with Crippen LogP contribution >= 0.6 is 0 Å². The van der Waals surface area contributed by atoms with E-state index in [1.54, 1.807) is 11.8 Å². The highest BCUT2D eigenvalue weighted by Crippen LogP contribution is 2.24. The molecule has 29 heavy (non-hydrogen) atoms. The molecule has 1 amide bonds. The molecule has 0 saturated carbocycles. The van der Waals surface area contributed by atoms with Crippen molar-refractivity contribution >= 4 is 11.9 Å². The number of hydrogen-bond acceptors (Lipinski definition) is 3. The van der Waals surface area contributed by atoms with Crippen molar-refractivity contribution in [2.45, 2.75) is 117 Å². The van der Waals surface area contributed by atoms with Gasteiger partial charge in [0.15, 0.2) is 0 Å². The second-order valence-electron chi connectivity index (χ2n) is 8.45. The van der Waals surface area contributed by atoms with Gasteiger partial charge in [-0.1, -0.05) is 91.1 Å². The zero-order valence-electron chi connectivity index (χ0n) is 19.7. The Labute approximate surface area is 180 Å². The summed E-state index contributed by atoms with van der Waals surface area (Å²) < 4.78 is 5.77. The molecule has 0 radical (unpaired) electrons. The highest BCUT2D eigenvalue weighted by molar-refractivity contribution is 5.81. The lowest BCUT2D eigenvalue weighted by molar-refractivity contribution is -0.147. The van der Waals surface area contributed by atoms with E-state index < -0.39 is 0 Å². The van der Waals surface area contributed by atoms with Gasteiger partial charge >= 0.3 is 5.97 Å². The lowest BCUT2D eigenvalue weighted by Gasteiger charge is -2.30. The molecule has 0 aromatic rings. The van der Waals surface area contributed by atoms with Crippen molar-refractivity contribution in [3.8, 4) is 0 Å². The summed E-state index contributed by atoms with van der Waals surface area (Å²) in [5, 5.41) is 0. The molecule has 0 aromatic carbocycles. The van der Waals surface area contributed by atoms with E-state index >= 15 is 0 Å². The van der Waals surface area contributed by atoms with E-state index in [9.17, 15) is 9.59 Å². The van der Waals surface area contributed by atoms with Gasteiger partial charge in [0, 0.05) is 32.5 Å². The summed E-state index contributed by atoms with van der Waals surface area (Å²) in [6, 6.07) is 0. The predicted molar refractivity (Wildman–Crippen MR) is 123 cm³/mol. The first-order valence-electron chi connectivity index (χ1n) is 12.0. The van der Waals surface area contributed by atoms with Crippen molar-refractivity contribution in [3.63, 3.8) is 0 Å². The Hall–Kier alpha value is -1.32. The Morgan fingerprint density at radius 2 is 1.34 bits per heavy atom. The summed E-state index contributed by atoms with van der Waals surface area (Å²) in [5.41, 5.74) is 0. The molecule has 0 aromatic heterocycles. The van der Waals surface area contributed by atoms with Crippen molar-refractivity contribution in [1.29, 1.82) is 0 Å². The van der Waals surface area contributed by atoms with Crippen LogP contribution in [-0.4, -0.2) is 36.5 Å². The zero-order valence-corrected chi connectivity index (χ0v) is 19.7. The van der Waals surface area contributed by atoms with E-state index in [0.29, 0.717) is 6.54 Å². The number of esters is 1. The van der Waals surface area contributed by atoms with Crippen molar-refractivity contribution in [1.82, 2.24) is 4.90 Å². The lowest BCUT2D eigenvalue weighted by atomic mass is 9.90. The Balaban J connectivity index is 4.82. The number of carbonyl (C=O) groups is 2. The highest BCUT2D eigenvalue weighted by atomic mass is 16.5. The minimum atomic E-state index is -0.348. The van der Waals surface area contributed by atoms with Crippen molar-refractivity contribution in [2.24, 2.45) is 5.92 Å². The minimum Gasteiger partial charge on any atom is -0.459 e. The summed E-state index contributed by atoms with van der Waals surface area (Å²) in [7, 11) is 1.84. The van der Waals surface area contributed by atoms with Crippen LogP contribution in [0.3, 0.4) is 0 Å². The third kappa shape index (κ3) is 15.2. The molecule has 0 fully saturated rings. The molecule has 0 saturated heterocycles. The quantitative estimate of drug-likeness (QED) is 0.136. The van der Waals surface area contributed by atoms with Gasteiger partial charge in [-0.3, -0.25) is 4.79 Å². The first-order valence-corrected chi connectivity index (χ1v) is 12.0. The smallest absolute Gasteiger partial charge is 0.330 e. The van der Waals surface area contributed by atoms with E-state index in [-0.39, 0.29) is 23.9 Å². The Kier molecular flexibility index (Phi) is 17.8. The summed E-state index contributed by atoms with van der Waals surface area (Å²) in [6.07, 6.45) is 17.7. The van der Waals surface area contributed by atoms with Gasteiger partial charge in [-0.05, 0) is 19.3 Å². The number of amides is 1. The van der Waals surface area contributed by atoms with E-state index in [1.165, 1.54) is 70.3 Å². The largest absolute Gasteiger partial charge is 0.459 e. The molecule has 4 heteroatoms. The third-order valence-corrected chi connectivity index (χ3v) is 5.78. The van der Waals surface area contributed by atoms with Crippen LogP contribution in [0.4, 0.5) is 0 Å². The van der Waals surface area contributed by atoms with Gasteiger partial charge < -0.3 is 9.64 Å². The molecular weight excluding hydrogens is 362 g/mol. The molecule has 0 bridgehead atoms. The molecule has 0 spiro atoms. The zero-order chi connectivity index (χ0) is 21.9. The standard InChI is InChI=1S/C25H47NO3/c1-6-9-11-13-15-17-19-23(21-26(5)22(4)27)24(29-25(28)8-3)20-18-16-14-12-10-7-2/h8,23-24H,3,6-7,9-21H2,1-2,4-5H3. The third-order valence-electron chi connectivity index (χ3n) is 5.78. The number of hydrogen-bond donors (Lipinski definition) is 0. The molecule has 0 heterocycles. The van der Waals surface area contributed by atoms with Gasteiger partial charge in [0.25, 0.3) is 0 Å². The van der Waals surface area contributed by atoms with Gasteiger partial charge in [-0.25, -0.2) is 4.79 Å². The van der Waals surface area contributed by atoms with Gasteiger partial charge in [-0.15, -0.1) is 0 Å². The summed E-state index contributed by atoms with van der Waals surface area (Å²) in [4.78, 5) is 25.5. The van der Waals surface area contributed by atoms with Gasteiger partial charge in [-0.2, -0.15) is 0 Å². The number of unbranched alkanes of at least 4 members (excludes halogenated alkanes) is 10. The maximum Gasteiger partial charge on any atom is 0.330 e. The SMILES string of the molecule is C=CC(=O)OC(CCCCCCCC)C(CCCCCCCC)CN(C)C(C)=O. The second kappa shape index (κ2) is 18.7. The topological polar surface area (TPSA) is 46.6 Å². The Morgan fingerprint density at radius 3 is 1.83 bits per heavy atom. The predicted octanol–water partition coefficient (Wildman–Crippen LogP) is 6.68. The number of carbonyl (C=O) groups excluding carboxylic acids is 2. The fraction of sp³-hybridized carbons (Fsp3) is 0.840. The average Bonchev–Trinajstić information content (AvgIpc) is 2.70. The van der Waals surface area contributed by atoms with Crippen LogP contribution < -0.4 is 0 Å². The van der Waals surface area contributed by atoms with Gasteiger partial charge in [0.1, 0.15) is 6.10 Å². The highest BCUT2D eigenvalue weighted by Gasteiger charge is 2.26. The van der Waals surface area contributed by atoms with E-state index in [4.69, 9.17) is 4.74 Å². The lowest BCUT2D eigenvalue weighted by Crippen LogP contribution is -2.37. The molecule has 4 nitrogen and oxygen atoms in total. The van der Waals surface area contributed by atoms with Crippen LogP contribution in [0, 0.1) is 5.92 Å². The summed E-state index contributed by atoms with van der Waals surface area (Å²) in [5.74, 6) is -0.0969. The molecule has 0 aliphatic carbocycles. The minimum absolute atomic E-state index is 0.0614. The molecule has 0 aliphatic rings. The fourth-order valence-electron chi connectivity index (χ4n) is 3.78. The molecule has 2 atom stereocenters.